The Balaban J connectivity index is 2.02. The first kappa shape index (κ1) is 20.1. The zero-order valence-electron chi connectivity index (χ0n) is 15.6. The van der Waals surface area contributed by atoms with E-state index in [1.54, 1.807) is 11.3 Å². The molecular formula is C21H24BrClOSSi. The van der Waals surface area contributed by atoms with Gasteiger partial charge in [0.2, 0.25) is 0 Å². The van der Waals surface area contributed by atoms with Gasteiger partial charge >= 0.3 is 0 Å². The van der Waals surface area contributed by atoms with Crippen LogP contribution < -0.4 is 0 Å². The molecule has 0 fully saturated rings. The predicted octanol–water partition coefficient (Wildman–Crippen LogP) is 7.69. The molecule has 0 aliphatic carbocycles. The van der Waals surface area contributed by atoms with E-state index in [2.05, 4.69) is 79.3 Å². The summed E-state index contributed by atoms with van der Waals surface area (Å²) in [6, 6.07) is 16.7. The van der Waals surface area contributed by atoms with Crippen LogP contribution in [0.15, 0.2) is 53.0 Å². The molecule has 0 spiro atoms. The number of fused-ring (bicyclic) bond motifs is 1. The van der Waals surface area contributed by atoms with Crippen LogP contribution in [-0.2, 0) is 4.74 Å². The molecule has 1 unspecified atom stereocenters. The topological polar surface area (TPSA) is 9.23 Å². The minimum absolute atomic E-state index is 0.149. The predicted molar refractivity (Wildman–Crippen MR) is 122 cm³/mol. The highest BCUT2D eigenvalue weighted by Gasteiger charge is 2.28. The number of ether oxygens (including phenoxy) is 1. The van der Waals surface area contributed by atoms with Crippen LogP contribution in [0.5, 0.6) is 0 Å². The Hall–Kier alpha value is -0.653. The molecule has 0 aliphatic rings. The van der Waals surface area contributed by atoms with Crippen LogP contribution >= 0.6 is 38.9 Å². The Morgan fingerprint density at radius 3 is 2.58 bits per heavy atom. The summed E-state index contributed by atoms with van der Waals surface area (Å²) in [5.74, 6) is 0. The minimum atomic E-state index is -0.841. The van der Waals surface area contributed by atoms with Crippen LogP contribution in [0.25, 0.3) is 10.1 Å². The summed E-state index contributed by atoms with van der Waals surface area (Å²) in [5, 5.41) is 2.23. The van der Waals surface area contributed by atoms with Gasteiger partial charge in [0.15, 0.2) is 0 Å². The van der Waals surface area contributed by atoms with Crippen molar-refractivity contribution in [1.29, 1.82) is 0 Å². The van der Waals surface area contributed by atoms with Gasteiger partial charge in [-0.2, -0.15) is 0 Å². The van der Waals surface area contributed by atoms with E-state index in [1.165, 1.54) is 15.0 Å². The molecule has 26 heavy (non-hydrogen) atoms. The third-order valence-electron chi connectivity index (χ3n) is 5.13. The quantitative estimate of drug-likeness (QED) is 0.338. The summed E-state index contributed by atoms with van der Waals surface area (Å²) in [7, 11) is -0.841. The molecule has 0 amide bonds. The average molecular weight is 468 g/mol. The zero-order valence-corrected chi connectivity index (χ0v) is 19.9. The Morgan fingerprint density at radius 1 is 1.15 bits per heavy atom. The normalized spacial score (nSPS) is 13.5. The van der Waals surface area contributed by atoms with Crippen molar-refractivity contribution in [2.75, 3.05) is 6.61 Å². The van der Waals surface area contributed by atoms with Crippen LogP contribution in [0.4, 0.5) is 0 Å². The number of thiophene rings is 1. The van der Waals surface area contributed by atoms with Crippen molar-refractivity contribution in [3.05, 3.63) is 68.5 Å². The summed E-state index contributed by atoms with van der Waals surface area (Å²) >= 11 is 11.9. The van der Waals surface area contributed by atoms with E-state index in [1.807, 2.05) is 12.1 Å². The molecule has 0 aliphatic heterocycles. The van der Waals surface area contributed by atoms with Gasteiger partial charge in [-0.15, -0.1) is 11.3 Å². The third kappa shape index (κ3) is 4.42. The first-order valence-corrected chi connectivity index (χ1v) is 13.7. The second kappa shape index (κ2) is 8.15. The fourth-order valence-corrected chi connectivity index (χ4v) is 4.80. The summed E-state index contributed by atoms with van der Waals surface area (Å²) < 4.78 is 8.84. The van der Waals surface area contributed by atoms with Crippen molar-refractivity contribution in [2.45, 2.75) is 38.1 Å². The van der Waals surface area contributed by atoms with Gasteiger partial charge in [0.05, 0.1) is 6.61 Å². The van der Waals surface area contributed by atoms with E-state index in [0.29, 0.717) is 0 Å². The van der Waals surface area contributed by atoms with Crippen molar-refractivity contribution in [2.24, 2.45) is 0 Å². The minimum Gasteiger partial charge on any atom is -0.368 e. The number of halogens is 2. The fraction of sp³-hybridized carbons (Fsp3) is 0.333. The maximum Gasteiger partial charge on any atom is 0.118 e. The zero-order chi connectivity index (χ0) is 18.9. The molecule has 2 aromatic carbocycles. The maximum absolute atomic E-state index is 6.56. The Bertz CT molecular complexity index is 873. The molecule has 1 nitrogen and oxygen atoms in total. The van der Waals surface area contributed by atoms with Gasteiger partial charge in [0.1, 0.15) is 6.10 Å². The smallest absolute Gasteiger partial charge is 0.118 e. The number of hydrogen-bond acceptors (Lipinski definition) is 2. The standard InChI is InChI=1S/C21H24BrClOSSi/c1-21(2,26(3)4)13-24-20(16-12-15(22)9-10-17(16)23)19-11-14-7-5-6-8-18(14)25-19/h5-12,20,26H,13H2,1-4H3. The van der Waals surface area contributed by atoms with Gasteiger partial charge < -0.3 is 4.74 Å². The van der Waals surface area contributed by atoms with E-state index in [4.69, 9.17) is 16.3 Å². The summed E-state index contributed by atoms with van der Waals surface area (Å²) in [5.41, 5.74) is 1.02. The van der Waals surface area contributed by atoms with Gasteiger partial charge in [-0.25, -0.2) is 0 Å². The third-order valence-corrected chi connectivity index (χ3v) is 10.4. The van der Waals surface area contributed by atoms with E-state index >= 15 is 0 Å². The summed E-state index contributed by atoms with van der Waals surface area (Å²) in [6.45, 7) is 10.1. The summed E-state index contributed by atoms with van der Waals surface area (Å²) in [4.78, 5) is 1.20. The van der Waals surface area contributed by atoms with E-state index in [-0.39, 0.29) is 11.1 Å². The lowest BCUT2D eigenvalue weighted by Gasteiger charge is -2.30. The van der Waals surface area contributed by atoms with Crippen molar-refractivity contribution in [3.63, 3.8) is 0 Å². The molecule has 138 valence electrons. The van der Waals surface area contributed by atoms with Gasteiger partial charge in [0.25, 0.3) is 0 Å². The number of hydrogen-bond donors (Lipinski definition) is 0. The SMILES string of the molecule is C[SiH](C)C(C)(C)COC(c1cc2ccccc2s1)c1cc(Br)ccc1Cl. The Kier molecular flexibility index (Phi) is 6.30. The highest BCUT2D eigenvalue weighted by Crippen LogP contribution is 2.41. The van der Waals surface area contributed by atoms with E-state index in [0.717, 1.165) is 21.7 Å². The molecule has 1 heterocycles. The van der Waals surface area contributed by atoms with Crippen LogP contribution in [0.1, 0.15) is 30.4 Å². The fourth-order valence-electron chi connectivity index (χ4n) is 2.64. The van der Waals surface area contributed by atoms with Crippen molar-refractivity contribution < 1.29 is 4.74 Å². The van der Waals surface area contributed by atoms with Crippen molar-refractivity contribution >= 4 is 57.8 Å². The van der Waals surface area contributed by atoms with Crippen LogP contribution in [0.3, 0.4) is 0 Å². The Morgan fingerprint density at radius 2 is 1.88 bits per heavy atom. The van der Waals surface area contributed by atoms with E-state index < -0.39 is 8.80 Å². The van der Waals surface area contributed by atoms with Crippen molar-refractivity contribution in [1.82, 2.24) is 0 Å². The molecule has 0 bridgehead atoms. The molecule has 0 saturated heterocycles. The molecular weight excluding hydrogens is 444 g/mol. The first-order chi connectivity index (χ1) is 12.3. The molecule has 3 rings (SSSR count). The molecule has 0 radical (unpaired) electrons. The highest BCUT2D eigenvalue weighted by molar-refractivity contribution is 9.10. The summed E-state index contributed by atoms with van der Waals surface area (Å²) in [6.07, 6.45) is -0.149. The van der Waals surface area contributed by atoms with Crippen LogP contribution in [0, 0.1) is 0 Å². The highest BCUT2D eigenvalue weighted by atomic mass is 79.9. The number of benzene rings is 2. The van der Waals surface area contributed by atoms with Gasteiger partial charge in [0, 0.05) is 33.4 Å². The Labute approximate surface area is 175 Å². The molecule has 0 saturated carbocycles. The molecule has 1 aromatic heterocycles. The molecule has 1 atom stereocenters. The second-order valence-corrected chi connectivity index (χ2v) is 14.0. The van der Waals surface area contributed by atoms with E-state index in [9.17, 15) is 0 Å². The average Bonchev–Trinajstić information content (AvgIpc) is 3.01. The first-order valence-electron chi connectivity index (χ1n) is 8.83. The number of rotatable bonds is 6. The van der Waals surface area contributed by atoms with Gasteiger partial charge in [-0.3, -0.25) is 0 Å². The monoisotopic (exact) mass is 466 g/mol. The van der Waals surface area contributed by atoms with Crippen molar-refractivity contribution in [3.8, 4) is 0 Å². The molecule has 3 aromatic rings. The largest absolute Gasteiger partial charge is 0.368 e. The maximum atomic E-state index is 6.56. The lowest BCUT2D eigenvalue weighted by Crippen LogP contribution is -2.27. The van der Waals surface area contributed by atoms with Crippen LogP contribution in [0.2, 0.25) is 23.2 Å². The lowest BCUT2D eigenvalue weighted by atomic mass is 10.1. The van der Waals surface area contributed by atoms with Gasteiger partial charge in [-0.05, 0) is 40.8 Å². The van der Waals surface area contributed by atoms with Crippen LogP contribution in [-0.4, -0.2) is 15.4 Å². The second-order valence-electron chi connectivity index (χ2n) is 7.69. The lowest BCUT2D eigenvalue weighted by molar-refractivity contribution is 0.0655. The molecule has 5 heteroatoms. The van der Waals surface area contributed by atoms with Gasteiger partial charge in [-0.1, -0.05) is 72.7 Å². The molecule has 0 N–H and O–H groups in total.